The van der Waals surface area contributed by atoms with E-state index in [0.29, 0.717) is 18.7 Å². The minimum Gasteiger partial charge on any atom is -0.302 e. The van der Waals surface area contributed by atoms with E-state index in [-0.39, 0.29) is 14.7 Å². The minimum atomic E-state index is -3.80. The van der Waals surface area contributed by atoms with Crippen molar-refractivity contribution in [1.82, 2.24) is 9.62 Å². The molecular weight excluding hydrogens is 396 g/mol. The molecule has 0 spiro atoms. The maximum Gasteiger partial charge on any atom is 0.240 e. The molecule has 6 nitrogen and oxygen atoms in total. The summed E-state index contributed by atoms with van der Waals surface area (Å²) in [5.41, 5.74) is 0.512. The second-order valence-corrected chi connectivity index (χ2v) is 10.7. The van der Waals surface area contributed by atoms with Crippen LogP contribution in [0.4, 0.5) is 0 Å². The summed E-state index contributed by atoms with van der Waals surface area (Å²) in [6.45, 7) is 4.60. The molecule has 28 heavy (non-hydrogen) atoms. The Hall–Kier alpha value is -1.74. The smallest absolute Gasteiger partial charge is 0.240 e. The van der Waals surface area contributed by atoms with Crippen LogP contribution in [-0.2, 0) is 19.9 Å². The number of sulfonamides is 1. The Bertz CT molecular complexity index is 1010. The van der Waals surface area contributed by atoms with Crippen LogP contribution in [0.1, 0.15) is 24.8 Å². The summed E-state index contributed by atoms with van der Waals surface area (Å²) < 4.78 is 53.8. The number of hydrogen-bond donors (Lipinski definition) is 1. The minimum absolute atomic E-state index is 0.00292. The number of rotatable bonds is 7. The molecule has 0 atom stereocenters. The van der Waals surface area contributed by atoms with Gasteiger partial charge in [-0.15, -0.1) is 0 Å². The van der Waals surface area contributed by atoms with Gasteiger partial charge in [-0.2, -0.15) is 0 Å². The topological polar surface area (TPSA) is 83.5 Å². The Labute approximate surface area is 167 Å². The molecule has 0 aliphatic carbocycles. The third-order valence-corrected chi connectivity index (χ3v) is 8.35. The van der Waals surface area contributed by atoms with Crippen LogP contribution in [-0.4, -0.2) is 47.9 Å². The van der Waals surface area contributed by atoms with E-state index in [1.54, 1.807) is 25.1 Å². The highest BCUT2D eigenvalue weighted by Crippen LogP contribution is 2.25. The van der Waals surface area contributed by atoms with Crippen LogP contribution in [0.2, 0.25) is 0 Å². The second kappa shape index (κ2) is 8.73. The van der Waals surface area contributed by atoms with Crippen molar-refractivity contribution in [3.63, 3.8) is 0 Å². The maximum atomic E-state index is 12.8. The molecule has 1 aliphatic rings. The zero-order valence-electron chi connectivity index (χ0n) is 16.0. The highest BCUT2D eigenvalue weighted by Gasteiger charge is 2.23. The standard InChI is InChI=1S/C20H26N2O4S2/c1-17-10-11-19(27(23,24)18-8-4-2-5-9-18)16-20(17)28(25,26)21-12-15-22-13-6-3-7-14-22/h2,4-5,8-11,16,21H,3,6-7,12-15H2,1H3. The van der Waals surface area contributed by atoms with Crippen LogP contribution < -0.4 is 4.72 Å². The van der Waals surface area contributed by atoms with Gasteiger partial charge in [0.15, 0.2) is 0 Å². The van der Waals surface area contributed by atoms with Gasteiger partial charge in [0.05, 0.1) is 14.7 Å². The molecule has 0 saturated carbocycles. The van der Waals surface area contributed by atoms with E-state index in [0.717, 1.165) is 25.9 Å². The van der Waals surface area contributed by atoms with E-state index in [2.05, 4.69) is 9.62 Å². The molecule has 1 saturated heterocycles. The summed E-state index contributed by atoms with van der Waals surface area (Å²) >= 11 is 0. The first kappa shape index (κ1) is 21.0. The third kappa shape index (κ3) is 4.81. The van der Waals surface area contributed by atoms with Gasteiger partial charge in [-0.25, -0.2) is 21.6 Å². The van der Waals surface area contributed by atoms with Gasteiger partial charge in [0, 0.05) is 13.1 Å². The fourth-order valence-electron chi connectivity index (χ4n) is 3.37. The summed E-state index contributed by atoms with van der Waals surface area (Å²) in [5.74, 6) is 0. The van der Waals surface area contributed by atoms with Crippen molar-refractivity contribution < 1.29 is 16.8 Å². The van der Waals surface area contributed by atoms with Gasteiger partial charge >= 0.3 is 0 Å². The van der Waals surface area contributed by atoms with E-state index in [9.17, 15) is 16.8 Å². The van der Waals surface area contributed by atoms with Crippen molar-refractivity contribution in [2.45, 2.75) is 40.9 Å². The summed E-state index contributed by atoms with van der Waals surface area (Å²) in [6, 6.07) is 12.2. The molecule has 0 amide bonds. The number of likely N-dealkylation sites (tertiary alicyclic amines) is 1. The molecule has 0 unspecified atom stereocenters. The zero-order chi connectivity index (χ0) is 20.2. The lowest BCUT2D eigenvalue weighted by Crippen LogP contribution is -2.37. The highest BCUT2D eigenvalue weighted by molar-refractivity contribution is 7.91. The van der Waals surface area contributed by atoms with E-state index in [4.69, 9.17) is 0 Å². The van der Waals surface area contributed by atoms with Crippen molar-refractivity contribution in [2.75, 3.05) is 26.2 Å². The van der Waals surface area contributed by atoms with Crippen LogP contribution in [0.5, 0.6) is 0 Å². The number of aryl methyl sites for hydroxylation is 1. The zero-order valence-corrected chi connectivity index (χ0v) is 17.6. The van der Waals surface area contributed by atoms with Crippen molar-refractivity contribution in [3.05, 3.63) is 54.1 Å². The number of sulfone groups is 1. The summed E-state index contributed by atoms with van der Waals surface area (Å²) in [5, 5.41) is 0. The van der Waals surface area contributed by atoms with Crippen molar-refractivity contribution in [2.24, 2.45) is 0 Å². The molecule has 8 heteroatoms. The molecule has 152 valence electrons. The number of benzene rings is 2. The fraction of sp³-hybridized carbons (Fsp3) is 0.400. The van der Waals surface area contributed by atoms with Gasteiger partial charge in [-0.1, -0.05) is 30.7 Å². The summed E-state index contributed by atoms with van der Waals surface area (Å²) in [6.07, 6.45) is 3.51. The Morgan fingerprint density at radius 1 is 0.893 bits per heavy atom. The molecule has 1 fully saturated rings. The van der Waals surface area contributed by atoms with Crippen molar-refractivity contribution >= 4 is 19.9 Å². The van der Waals surface area contributed by atoms with Crippen LogP contribution in [0.15, 0.2) is 63.2 Å². The lowest BCUT2D eigenvalue weighted by molar-refractivity contribution is 0.233. The molecule has 1 aliphatic heterocycles. The average Bonchev–Trinajstić information content (AvgIpc) is 2.69. The third-order valence-electron chi connectivity index (χ3n) is 4.98. The second-order valence-electron chi connectivity index (χ2n) is 7.04. The van der Waals surface area contributed by atoms with Crippen LogP contribution in [0.25, 0.3) is 0 Å². The van der Waals surface area contributed by atoms with Gasteiger partial charge in [-0.3, -0.25) is 0 Å². The number of hydrogen-bond acceptors (Lipinski definition) is 5. The van der Waals surface area contributed by atoms with Crippen LogP contribution >= 0.6 is 0 Å². The largest absolute Gasteiger partial charge is 0.302 e. The molecule has 2 aromatic rings. The molecule has 1 N–H and O–H groups in total. The van der Waals surface area contributed by atoms with E-state index < -0.39 is 19.9 Å². The van der Waals surface area contributed by atoms with Gasteiger partial charge in [0.1, 0.15) is 0 Å². The molecule has 3 rings (SSSR count). The van der Waals surface area contributed by atoms with Crippen LogP contribution in [0, 0.1) is 6.92 Å². The predicted molar refractivity (Wildman–Crippen MR) is 109 cm³/mol. The Morgan fingerprint density at radius 3 is 2.25 bits per heavy atom. The Balaban J connectivity index is 1.80. The molecule has 0 aromatic heterocycles. The molecular formula is C20H26N2O4S2. The molecule has 0 bridgehead atoms. The first-order valence-electron chi connectivity index (χ1n) is 9.43. The van der Waals surface area contributed by atoms with Gasteiger partial charge in [0.2, 0.25) is 19.9 Å². The molecule has 2 aromatic carbocycles. The van der Waals surface area contributed by atoms with Crippen molar-refractivity contribution in [3.8, 4) is 0 Å². The summed E-state index contributed by atoms with van der Waals surface area (Å²) in [7, 11) is -7.57. The van der Waals surface area contributed by atoms with Gasteiger partial charge in [-0.05, 0) is 62.7 Å². The Morgan fingerprint density at radius 2 is 1.57 bits per heavy atom. The van der Waals surface area contributed by atoms with Gasteiger partial charge < -0.3 is 4.90 Å². The first-order valence-corrected chi connectivity index (χ1v) is 12.4. The average molecular weight is 423 g/mol. The van der Waals surface area contributed by atoms with Gasteiger partial charge in [0.25, 0.3) is 0 Å². The summed E-state index contributed by atoms with van der Waals surface area (Å²) in [4.78, 5) is 2.36. The lowest BCUT2D eigenvalue weighted by atomic mass is 10.1. The maximum absolute atomic E-state index is 12.8. The lowest BCUT2D eigenvalue weighted by Gasteiger charge is -2.26. The van der Waals surface area contributed by atoms with E-state index >= 15 is 0 Å². The molecule has 0 radical (unpaired) electrons. The van der Waals surface area contributed by atoms with Crippen LogP contribution in [0.3, 0.4) is 0 Å². The normalized spacial score (nSPS) is 16.2. The highest BCUT2D eigenvalue weighted by atomic mass is 32.2. The number of piperidine rings is 1. The molecule has 1 heterocycles. The first-order chi connectivity index (χ1) is 13.3. The number of nitrogens with zero attached hydrogens (tertiary/aromatic N) is 1. The monoisotopic (exact) mass is 422 g/mol. The van der Waals surface area contributed by atoms with E-state index in [1.165, 1.54) is 36.8 Å². The fourth-order valence-corrected chi connectivity index (χ4v) is 6.04. The number of nitrogens with one attached hydrogen (secondary N) is 1. The van der Waals surface area contributed by atoms with E-state index in [1.807, 2.05) is 0 Å². The quantitative estimate of drug-likeness (QED) is 0.742. The Kier molecular flexibility index (Phi) is 6.54. The predicted octanol–water partition coefficient (Wildman–Crippen LogP) is 2.59. The SMILES string of the molecule is Cc1ccc(S(=O)(=O)c2ccccc2)cc1S(=O)(=O)NCCN1CCCCC1. The van der Waals surface area contributed by atoms with Crippen molar-refractivity contribution in [1.29, 1.82) is 0 Å².